The van der Waals surface area contributed by atoms with Gasteiger partial charge in [0.15, 0.2) is 6.20 Å². The molecule has 0 N–H and O–H groups in total. The molecule has 0 saturated carbocycles. The second kappa shape index (κ2) is 10.6. The van der Waals surface area contributed by atoms with E-state index in [1.165, 1.54) is 93.5 Å². The summed E-state index contributed by atoms with van der Waals surface area (Å²) in [4.78, 5) is 0. The number of nitrogens with zero attached hydrogens (tertiary/aromatic N) is 2. The first kappa shape index (κ1) is 29.8. The van der Waals surface area contributed by atoms with Gasteiger partial charge < -0.3 is 4.40 Å². The van der Waals surface area contributed by atoms with Crippen molar-refractivity contribution in [2.45, 2.75) is 93.4 Å². The number of benzene rings is 4. The highest BCUT2D eigenvalue weighted by molar-refractivity contribution is 6.26. The van der Waals surface area contributed by atoms with Crippen molar-refractivity contribution in [1.29, 1.82) is 0 Å². The van der Waals surface area contributed by atoms with Gasteiger partial charge in [0.2, 0.25) is 5.52 Å². The van der Waals surface area contributed by atoms with Crippen molar-refractivity contribution in [2.24, 2.45) is 13.0 Å². The van der Waals surface area contributed by atoms with E-state index in [9.17, 15) is 0 Å². The molecule has 0 radical (unpaired) electrons. The molecule has 3 aromatic heterocycles. The molecule has 0 fully saturated rings. The number of hydrogen-bond donors (Lipinski definition) is 0. The second-order valence-electron chi connectivity index (χ2n) is 15.1. The molecule has 2 nitrogen and oxygen atoms in total. The van der Waals surface area contributed by atoms with Gasteiger partial charge in [-0.25, -0.2) is 4.57 Å². The van der Waals surface area contributed by atoms with Crippen molar-refractivity contribution < 1.29 is 4.57 Å². The van der Waals surface area contributed by atoms with E-state index in [2.05, 4.69) is 146 Å². The number of aromatic nitrogens is 2. The Balaban J connectivity index is 1.71. The van der Waals surface area contributed by atoms with Gasteiger partial charge in [0.1, 0.15) is 7.05 Å². The molecule has 0 saturated heterocycles. The van der Waals surface area contributed by atoms with Gasteiger partial charge >= 0.3 is 0 Å². The van der Waals surface area contributed by atoms with Gasteiger partial charge in [-0.1, -0.05) is 73.6 Å². The summed E-state index contributed by atoms with van der Waals surface area (Å²) in [7, 11) is 2.22. The lowest BCUT2D eigenvalue weighted by Crippen LogP contribution is -2.29. The molecule has 0 unspecified atom stereocenters. The minimum Gasteiger partial charge on any atom is -0.307 e. The SMILES string of the molecule is Cc1cc2c3cc(CC(C)C)ccc3n3c4cc(-c5c(C(C)C)cc(C(C)C)cc5C(C)C)cc5cc[n+](C)c(c(c1C)c23)c54. The number of pyridine rings is 2. The molecule has 0 aliphatic rings. The average Bonchev–Trinajstić information content (AvgIpc) is 3.30. The normalized spacial score (nSPS) is 12.8. The molecule has 0 amide bonds. The Morgan fingerprint density at radius 3 is 2.00 bits per heavy atom. The third kappa shape index (κ3) is 4.47. The minimum absolute atomic E-state index is 0.428. The molecule has 2 heteroatoms. The molecule has 3 heterocycles. The van der Waals surface area contributed by atoms with Crippen molar-refractivity contribution in [2.75, 3.05) is 0 Å². The highest BCUT2D eigenvalue weighted by Gasteiger charge is 2.27. The maximum atomic E-state index is 2.61. The van der Waals surface area contributed by atoms with Crippen molar-refractivity contribution in [1.82, 2.24) is 4.40 Å². The van der Waals surface area contributed by atoms with Crippen LogP contribution in [0.4, 0.5) is 0 Å². The van der Waals surface area contributed by atoms with Crippen molar-refractivity contribution in [3.8, 4) is 11.1 Å². The Hall–Kier alpha value is -3.91. The predicted octanol–water partition coefficient (Wildman–Crippen LogP) is 11.7. The summed E-state index contributed by atoms with van der Waals surface area (Å²) in [6.07, 6.45) is 3.37. The van der Waals surface area contributed by atoms with Crippen LogP contribution in [0.15, 0.2) is 60.8 Å². The van der Waals surface area contributed by atoms with Crippen LogP contribution in [-0.2, 0) is 13.5 Å². The van der Waals surface area contributed by atoms with E-state index in [4.69, 9.17) is 0 Å². The summed E-state index contributed by atoms with van der Waals surface area (Å²) in [5, 5.41) is 6.78. The highest BCUT2D eigenvalue weighted by Crippen LogP contribution is 2.45. The number of rotatable bonds is 6. The Bertz CT molecular complexity index is 2240. The van der Waals surface area contributed by atoms with E-state index >= 15 is 0 Å². The lowest BCUT2D eigenvalue weighted by atomic mass is 9.81. The van der Waals surface area contributed by atoms with Crippen molar-refractivity contribution in [3.05, 3.63) is 94.2 Å². The van der Waals surface area contributed by atoms with Crippen LogP contribution in [0.3, 0.4) is 0 Å². The van der Waals surface area contributed by atoms with Crippen LogP contribution in [0.25, 0.3) is 60.1 Å². The van der Waals surface area contributed by atoms with E-state index in [0.29, 0.717) is 23.7 Å². The van der Waals surface area contributed by atoms with E-state index in [1.54, 1.807) is 0 Å². The summed E-state index contributed by atoms with van der Waals surface area (Å²) in [5.41, 5.74) is 16.6. The van der Waals surface area contributed by atoms with Crippen LogP contribution in [-0.4, -0.2) is 4.40 Å². The average molecular weight is 594 g/mol. The van der Waals surface area contributed by atoms with Gasteiger partial charge in [0, 0.05) is 16.8 Å². The Labute approximate surface area is 269 Å². The highest BCUT2D eigenvalue weighted by atomic mass is 15.0. The summed E-state index contributed by atoms with van der Waals surface area (Å²) < 4.78 is 4.96. The van der Waals surface area contributed by atoms with Gasteiger partial charge in [0.25, 0.3) is 0 Å². The molecule has 4 aromatic carbocycles. The van der Waals surface area contributed by atoms with E-state index in [0.717, 1.165) is 6.42 Å². The fourth-order valence-electron chi connectivity index (χ4n) is 7.99. The predicted molar refractivity (Wildman–Crippen MR) is 196 cm³/mol. The molecule has 230 valence electrons. The molecule has 0 bridgehead atoms. The summed E-state index contributed by atoms with van der Waals surface area (Å²) >= 11 is 0. The van der Waals surface area contributed by atoms with Crippen LogP contribution in [0.2, 0.25) is 0 Å². The van der Waals surface area contributed by atoms with Gasteiger partial charge in [-0.2, -0.15) is 0 Å². The van der Waals surface area contributed by atoms with Gasteiger partial charge in [-0.05, 0) is 124 Å². The molecule has 45 heavy (non-hydrogen) atoms. The third-order valence-corrected chi connectivity index (χ3v) is 10.4. The Morgan fingerprint density at radius 1 is 0.689 bits per heavy atom. The molecule has 0 atom stereocenters. The van der Waals surface area contributed by atoms with Crippen LogP contribution >= 0.6 is 0 Å². The van der Waals surface area contributed by atoms with E-state index in [-0.39, 0.29) is 0 Å². The minimum atomic E-state index is 0.428. The Morgan fingerprint density at radius 2 is 1.38 bits per heavy atom. The number of aryl methyl sites for hydroxylation is 3. The van der Waals surface area contributed by atoms with Crippen LogP contribution in [0.1, 0.15) is 107 Å². The quantitative estimate of drug-likeness (QED) is 0.103. The maximum Gasteiger partial charge on any atom is 0.224 e. The fourth-order valence-corrected chi connectivity index (χ4v) is 7.99. The van der Waals surface area contributed by atoms with Crippen LogP contribution < -0.4 is 4.57 Å². The number of hydrogen-bond acceptors (Lipinski definition) is 0. The summed E-state index contributed by atoms with van der Waals surface area (Å²) in [5.74, 6) is 1.98. The molecule has 7 rings (SSSR count). The third-order valence-electron chi connectivity index (χ3n) is 10.4. The van der Waals surface area contributed by atoms with Crippen molar-refractivity contribution >= 4 is 49.0 Å². The first-order valence-electron chi connectivity index (χ1n) is 17.1. The topological polar surface area (TPSA) is 8.29 Å². The standard InChI is InChI=1S/C43H49N2/c1-23(2)16-29-12-13-37-35(18-29)36-17-27(9)28(10)39-42(36)45(37)38-22-32(19-30-14-15-44(11)43(39)41(30)38)40-33(25(5)6)20-31(24(3)4)21-34(40)26(7)8/h12-15,17-26H,16H2,1-11H3/q+1. The maximum absolute atomic E-state index is 2.61. The van der Waals surface area contributed by atoms with Gasteiger partial charge in [-0.3, -0.25) is 0 Å². The van der Waals surface area contributed by atoms with Crippen LogP contribution in [0.5, 0.6) is 0 Å². The first-order chi connectivity index (χ1) is 21.4. The summed E-state index contributed by atoms with van der Waals surface area (Å²) in [6, 6.07) is 22.0. The smallest absolute Gasteiger partial charge is 0.224 e. The fraction of sp³-hybridized carbons (Fsp3) is 0.372. The molecular formula is C43H49N2+. The molecule has 0 aliphatic carbocycles. The van der Waals surface area contributed by atoms with E-state index in [1.807, 2.05) is 0 Å². The molecule has 0 aliphatic heterocycles. The zero-order valence-corrected chi connectivity index (χ0v) is 29.2. The van der Waals surface area contributed by atoms with Gasteiger partial charge in [0.05, 0.1) is 27.3 Å². The molecule has 7 aromatic rings. The van der Waals surface area contributed by atoms with Gasteiger partial charge in [-0.15, -0.1) is 0 Å². The second-order valence-corrected chi connectivity index (χ2v) is 15.1. The lowest BCUT2D eigenvalue weighted by molar-refractivity contribution is -0.643. The van der Waals surface area contributed by atoms with Crippen molar-refractivity contribution in [3.63, 3.8) is 0 Å². The first-order valence-corrected chi connectivity index (χ1v) is 17.1. The number of fused-ring (bicyclic) bond motifs is 5. The monoisotopic (exact) mass is 593 g/mol. The van der Waals surface area contributed by atoms with Crippen LogP contribution in [0, 0.1) is 19.8 Å². The zero-order valence-electron chi connectivity index (χ0n) is 29.2. The molecule has 0 spiro atoms. The van der Waals surface area contributed by atoms with E-state index < -0.39 is 0 Å². The lowest BCUT2D eigenvalue weighted by Gasteiger charge is -2.24. The Kier molecular flexibility index (Phi) is 7.00. The summed E-state index contributed by atoms with van der Waals surface area (Å²) in [6.45, 7) is 23.3. The zero-order chi connectivity index (χ0) is 32.1. The molecular weight excluding hydrogens is 544 g/mol. The largest absolute Gasteiger partial charge is 0.307 e.